The number of anilines is 2. The summed E-state index contributed by atoms with van der Waals surface area (Å²) in [6.45, 7) is 8.03. The Morgan fingerprint density at radius 2 is 1.92 bits per heavy atom. The van der Waals surface area contributed by atoms with E-state index < -0.39 is 0 Å². The summed E-state index contributed by atoms with van der Waals surface area (Å²) in [5.74, 6) is 1.75. The van der Waals surface area contributed by atoms with E-state index in [0.29, 0.717) is 12.1 Å². The fraction of sp³-hybridized carbons (Fsp3) is 0.321. The Balaban J connectivity index is 0.00000336. The lowest BCUT2D eigenvalue weighted by Crippen LogP contribution is -2.37. The van der Waals surface area contributed by atoms with Crippen molar-refractivity contribution in [1.82, 2.24) is 25.3 Å². The Bertz CT molecular complexity index is 1430. The number of morpholine rings is 1. The SMILES string of the molecule is CNC(=O)c1ccnc2c([C@H](C)CNc3cc(-c4cnc(N5CCOCC5)c(C)c4)ncn3)cccc12.S. The molecule has 5 rings (SSSR count). The van der Waals surface area contributed by atoms with Gasteiger partial charge in [-0.25, -0.2) is 15.0 Å². The van der Waals surface area contributed by atoms with Crippen molar-refractivity contribution in [3.8, 4) is 11.3 Å². The van der Waals surface area contributed by atoms with Gasteiger partial charge < -0.3 is 20.3 Å². The van der Waals surface area contributed by atoms with E-state index in [2.05, 4.69) is 56.5 Å². The monoisotopic (exact) mass is 531 g/mol. The number of fused-ring (bicyclic) bond motifs is 1. The van der Waals surface area contributed by atoms with Crippen molar-refractivity contribution < 1.29 is 9.53 Å². The molecule has 1 saturated heterocycles. The topological polar surface area (TPSA) is 105 Å². The van der Waals surface area contributed by atoms with E-state index in [1.165, 1.54) is 0 Å². The van der Waals surface area contributed by atoms with Crippen LogP contribution in [0.4, 0.5) is 11.6 Å². The number of hydrogen-bond acceptors (Lipinski definition) is 8. The number of rotatable bonds is 7. The van der Waals surface area contributed by atoms with Crippen molar-refractivity contribution in [1.29, 1.82) is 0 Å². The van der Waals surface area contributed by atoms with Crippen molar-refractivity contribution in [2.75, 3.05) is 50.1 Å². The highest BCUT2D eigenvalue weighted by Crippen LogP contribution is 2.28. The molecular formula is C28H33N7O2S. The molecule has 0 spiro atoms. The molecule has 1 aromatic carbocycles. The molecule has 1 atom stereocenters. The standard InChI is InChI=1S/C28H31N7O2.H2S/c1-18-13-20(16-32-27(18)35-9-11-37-12-10-35)24-14-25(34-17-33-24)31-15-19(2)21-5-4-6-22-23(28(36)29-3)7-8-30-26(21)22;/h4-8,13-14,16-17,19H,9-12,15H2,1-3H3,(H,29,36)(H,31,33,34);1H2/t19-;/m1./s1. The van der Waals surface area contributed by atoms with E-state index in [1.54, 1.807) is 25.6 Å². The second-order valence-corrected chi connectivity index (χ2v) is 9.22. The number of para-hydroxylation sites is 1. The van der Waals surface area contributed by atoms with E-state index >= 15 is 0 Å². The van der Waals surface area contributed by atoms with Gasteiger partial charge in [-0.1, -0.05) is 25.1 Å². The number of nitrogens with one attached hydrogen (secondary N) is 2. The van der Waals surface area contributed by atoms with Gasteiger partial charge in [-0.3, -0.25) is 9.78 Å². The van der Waals surface area contributed by atoms with E-state index in [1.807, 2.05) is 24.4 Å². The molecule has 1 amide bonds. The van der Waals surface area contributed by atoms with Gasteiger partial charge in [0.1, 0.15) is 18.0 Å². The zero-order valence-corrected chi connectivity index (χ0v) is 22.9. The number of ether oxygens (including phenoxy) is 1. The van der Waals surface area contributed by atoms with Crippen molar-refractivity contribution in [3.05, 3.63) is 71.8 Å². The maximum Gasteiger partial charge on any atom is 0.251 e. The smallest absolute Gasteiger partial charge is 0.251 e. The lowest BCUT2D eigenvalue weighted by Gasteiger charge is -2.29. The molecule has 0 aliphatic carbocycles. The van der Waals surface area contributed by atoms with Crippen LogP contribution in [0.1, 0.15) is 34.3 Å². The molecule has 38 heavy (non-hydrogen) atoms. The lowest BCUT2D eigenvalue weighted by atomic mass is 9.96. The first kappa shape index (κ1) is 27.3. The minimum absolute atomic E-state index is 0. The van der Waals surface area contributed by atoms with E-state index in [4.69, 9.17) is 9.72 Å². The van der Waals surface area contributed by atoms with Crippen LogP contribution in [0.15, 0.2) is 55.1 Å². The average Bonchev–Trinajstić information content (AvgIpc) is 2.95. The number of carbonyl (C=O) groups excluding carboxylic acids is 1. The number of amides is 1. The second-order valence-electron chi connectivity index (χ2n) is 9.22. The largest absolute Gasteiger partial charge is 0.378 e. The molecule has 0 bridgehead atoms. The maximum atomic E-state index is 12.3. The molecule has 198 valence electrons. The normalized spacial score (nSPS) is 14.0. The van der Waals surface area contributed by atoms with Crippen LogP contribution in [-0.4, -0.2) is 65.7 Å². The van der Waals surface area contributed by atoms with Gasteiger partial charge in [-0.05, 0) is 30.2 Å². The third-order valence-electron chi connectivity index (χ3n) is 6.72. The summed E-state index contributed by atoms with van der Waals surface area (Å²) in [5, 5.41) is 7.00. The summed E-state index contributed by atoms with van der Waals surface area (Å²) in [6.07, 6.45) is 5.13. The number of carbonyl (C=O) groups is 1. The van der Waals surface area contributed by atoms with Crippen molar-refractivity contribution in [2.45, 2.75) is 19.8 Å². The molecule has 10 heteroatoms. The molecule has 0 unspecified atom stereocenters. The van der Waals surface area contributed by atoms with Crippen LogP contribution in [-0.2, 0) is 4.74 Å². The summed E-state index contributed by atoms with van der Waals surface area (Å²) in [7, 11) is 1.64. The molecule has 0 radical (unpaired) electrons. The summed E-state index contributed by atoms with van der Waals surface area (Å²) in [5.41, 5.74) is 5.41. The molecule has 1 aliphatic rings. The van der Waals surface area contributed by atoms with E-state index in [0.717, 1.165) is 71.2 Å². The molecule has 9 nitrogen and oxygen atoms in total. The highest BCUT2D eigenvalue weighted by molar-refractivity contribution is 7.59. The Kier molecular flexibility index (Phi) is 8.75. The first-order chi connectivity index (χ1) is 18.0. The van der Waals surface area contributed by atoms with E-state index in [9.17, 15) is 4.79 Å². The van der Waals surface area contributed by atoms with Gasteiger partial charge in [-0.2, -0.15) is 13.5 Å². The molecular weight excluding hydrogens is 498 g/mol. The Hall–Kier alpha value is -3.76. The Morgan fingerprint density at radius 1 is 1.11 bits per heavy atom. The molecule has 1 fully saturated rings. The molecule has 2 N–H and O–H groups in total. The fourth-order valence-corrected chi connectivity index (χ4v) is 4.72. The number of aromatic nitrogens is 4. The third-order valence-corrected chi connectivity index (χ3v) is 6.72. The van der Waals surface area contributed by atoms with Gasteiger partial charge >= 0.3 is 0 Å². The van der Waals surface area contributed by atoms with Gasteiger partial charge in [0, 0.05) is 62.0 Å². The quantitative estimate of drug-likeness (QED) is 0.370. The van der Waals surface area contributed by atoms with Crippen LogP contribution in [0.3, 0.4) is 0 Å². The van der Waals surface area contributed by atoms with Gasteiger partial charge in [0.15, 0.2) is 0 Å². The highest BCUT2D eigenvalue weighted by atomic mass is 32.1. The van der Waals surface area contributed by atoms with Gasteiger partial charge in [0.2, 0.25) is 0 Å². The second kappa shape index (κ2) is 12.2. The minimum atomic E-state index is -0.119. The molecule has 1 aliphatic heterocycles. The molecule has 0 saturated carbocycles. The summed E-state index contributed by atoms with van der Waals surface area (Å²) < 4.78 is 5.46. The van der Waals surface area contributed by atoms with E-state index in [-0.39, 0.29) is 25.3 Å². The van der Waals surface area contributed by atoms with Crippen LogP contribution in [0, 0.1) is 6.92 Å². The number of benzene rings is 1. The zero-order valence-electron chi connectivity index (χ0n) is 21.9. The molecule has 4 aromatic rings. The number of pyridine rings is 2. The first-order valence-electron chi connectivity index (χ1n) is 12.5. The Morgan fingerprint density at radius 3 is 2.68 bits per heavy atom. The molecule has 3 aromatic heterocycles. The predicted octanol–water partition coefficient (Wildman–Crippen LogP) is 3.92. The number of nitrogens with zero attached hydrogens (tertiary/aromatic N) is 5. The van der Waals surface area contributed by atoms with Crippen LogP contribution in [0.25, 0.3) is 22.2 Å². The minimum Gasteiger partial charge on any atom is -0.378 e. The van der Waals surface area contributed by atoms with Crippen LogP contribution < -0.4 is 15.5 Å². The lowest BCUT2D eigenvalue weighted by molar-refractivity contribution is 0.0964. The summed E-state index contributed by atoms with van der Waals surface area (Å²) >= 11 is 0. The number of aryl methyl sites for hydroxylation is 1. The fourth-order valence-electron chi connectivity index (χ4n) is 4.72. The van der Waals surface area contributed by atoms with Crippen LogP contribution in [0.2, 0.25) is 0 Å². The van der Waals surface area contributed by atoms with Crippen LogP contribution in [0.5, 0.6) is 0 Å². The number of hydrogen-bond donors (Lipinski definition) is 2. The van der Waals surface area contributed by atoms with Crippen molar-refractivity contribution in [3.63, 3.8) is 0 Å². The van der Waals surface area contributed by atoms with Crippen LogP contribution >= 0.6 is 13.5 Å². The summed E-state index contributed by atoms with van der Waals surface area (Å²) in [6, 6.07) is 11.8. The van der Waals surface area contributed by atoms with Crippen molar-refractivity contribution >= 4 is 41.9 Å². The van der Waals surface area contributed by atoms with Gasteiger partial charge in [0.05, 0.1) is 30.0 Å². The van der Waals surface area contributed by atoms with Crippen molar-refractivity contribution in [2.24, 2.45) is 0 Å². The maximum absolute atomic E-state index is 12.3. The predicted molar refractivity (Wildman–Crippen MR) is 155 cm³/mol. The Labute approximate surface area is 229 Å². The van der Waals surface area contributed by atoms with Gasteiger partial charge in [-0.15, -0.1) is 0 Å². The zero-order chi connectivity index (χ0) is 25.8. The molecule has 4 heterocycles. The summed E-state index contributed by atoms with van der Waals surface area (Å²) in [4.78, 5) is 32.8. The average molecular weight is 532 g/mol. The van der Waals surface area contributed by atoms with Gasteiger partial charge in [0.25, 0.3) is 5.91 Å². The third kappa shape index (κ3) is 5.71. The highest BCUT2D eigenvalue weighted by Gasteiger charge is 2.17. The first-order valence-corrected chi connectivity index (χ1v) is 12.5.